The van der Waals surface area contributed by atoms with Gasteiger partial charge < -0.3 is 5.73 Å². The van der Waals surface area contributed by atoms with Crippen LogP contribution in [0.5, 0.6) is 0 Å². The normalized spacial score (nSPS) is 11.9. The molecule has 4 rings (SSSR count). The van der Waals surface area contributed by atoms with Gasteiger partial charge in [0.25, 0.3) is 0 Å². The van der Waals surface area contributed by atoms with Gasteiger partial charge in [0.1, 0.15) is 10.7 Å². The fraction of sp³-hybridized carbons (Fsp3) is 0. The molecule has 0 unspecified atom stereocenters. The third-order valence-corrected chi connectivity index (χ3v) is 6.48. The Bertz CT molecular complexity index is 1390. The number of hydrogen-bond acceptors (Lipinski definition) is 4. The standard InChI is InChI=1S/C19H13Cl2FN4O2S/c20-17-12(5-6-16(18(17)21)29(24,27)28)11-4-2-10(22)8-14(11)9-1-3-13-15(7-9)25-26-19(13)23/h1-8H,(H3,23,25,26)(H2,24,27,28). The summed E-state index contributed by atoms with van der Waals surface area (Å²) in [4.78, 5) is -0.286. The number of fused-ring (bicyclic) bond motifs is 1. The van der Waals surface area contributed by atoms with Crippen LogP contribution in [0.1, 0.15) is 0 Å². The Labute approximate surface area is 175 Å². The molecule has 29 heavy (non-hydrogen) atoms. The van der Waals surface area contributed by atoms with Crippen LogP contribution in [0.3, 0.4) is 0 Å². The summed E-state index contributed by atoms with van der Waals surface area (Å²) in [6.45, 7) is 0. The highest BCUT2D eigenvalue weighted by Gasteiger charge is 2.20. The molecule has 148 valence electrons. The number of nitrogens with two attached hydrogens (primary N) is 2. The lowest BCUT2D eigenvalue weighted by molar-refractivity contribution is 0.598. The van der Waals surface area contributed by atoms with Gasteiger partial charge in [-0.1, -0.05) is 41.4 Å². The number of rotatable bonds is 3. The molecule has 0 saturated carbocycles. The van der Waals surface area contributed by atoms with Crippen LogP contribution in [0.2, 0.25) is 10.0 Å². The predicted octanol–water partition coefficient (Wildman–Crippen LogP) is 4.57. The van der Waals surface area contributed by atoms with Gasteiger partial charge in [0.2, 0.25) is 10.0 Å². The minimum Gasteiger partial charge on any atom is -0.382 e. The fourth-order valence-electron chi connectivity index (χ4n) is 3.16. The van der Waals surface area contributed by atoms with E-state index in [1.807, 2.05) is 0 Å². The molecule has 0 fully saturated rings. The van der Waals surface area contributed by atoms with Gasteiger partial charge in [0.05, 0.1) is 15.6 Å². The molecule has 0 aliphatic heterocycles. The van der Waals surface area contributed by atoms with Gasteiger partial charge in [-0.15, -0.1) is 0 Å². The molecule has 6 nitrogen and oxygen atoms in total. The number of nitrogens with one attached hydrogen (secondary N) is 1. The molecule has 0 radical (unpaired) electrons. The molecule has 0 aliphatic rings. The highest BCUT2D eigenvalue weighted by atomic mass is 35.5. The Balaban J connectivity index is 1.95. The highest BCUT2D eigenvalue weighted by molar-refractivity contribution is 7.89. The van der Waals surface area contributed by atoms with Crippen molar-refractivity contribution in [1.29, 1.82) is 0 Å². The van der Waals surface area contributed by atoms with Gasteiger partial charge in [-0.05, 0) is 47.0 Å². The van der Waals surface area contributed by atoms with Crippen LogP contribution in [0.4, 0.5) is 10.2 Å². The van der Waals surface area contributed by atoms with Gasteiger partial charge in [-0.2, -0.15) is 5.10 Å². The number of nitrogen functional groups attached to an aromatic ring is 1. The van der Waals surface area contributed by atoms with Crippen LogP contribution < -0.4 is 10.9 Å². The number of nitrogens with zero attached hydrogens (tertiary/aromatic N) is 1. The molecule has 0 spiro atoms. The van der Waals surface area contributed by atoms with Crippen LogP contribution in [-0.2, 0) is 10.0 Å². The maximum absolute atomic E-state index is 14.1. The van der Waals surface area contributed by atoms with Crippen molar-refractivity contribution in [2.45, 2.75) is 4.90 Å². The van der Waals surface area contributed by atoms with E-state index in [1.54, 1.807) is 24.3 Å². The van der Waals surface area contributed by atoms with Gasteiger partial charge in [-0.25, -0.2) is 17.9 Å². The smallest absolute Gasteiger partial charge is 0.239 e. The van der Waals surface area contributed by atoms with E-state index < -0.39 is 15.8 Å². The summed E-state index contributed by atoms with van der Waals surface area (Å²) in [7, 11) is -4.05. The lowest BCUT2D eigenvalue weighted by atomic mass is 9.94. The number of aromatic amines is 1. The minimum atomic E-state index is -4.05. The third-order valence-electron chi connectivity index (χ3n) is 4.53. The molecular weight excluding hydrogens is 438 g/mol. The quantitative estimate of drug-likeness (QED) is 0.423. The number of sulfonamides is 1. The summed E-state index contributed by atoms with van der Waals surface area (Å²) in [6, 6.07) is 12.3. The van der Waals surface area contributed by atoms with Crippen LogP contribution >= 0.6 is 23.2 Å². The number of benzene rings is 3. The number of hydrogen-bond donors (Lipinski definition) is 3. The van der Waals surface area contributed by atoms with Crippen LogP contribution in [0.25, 0.3) is 33.2 Å². The molecular formula is C19H13Cl2FN4O2S. The van der Waals surface area contributed by atoms with Gasteiger partial charge >= 0.3 is 0 Å². The third kappa shape index (κ3) is 3.44. The predicted molar refractivity (Wildman–Crippen MR) is 113 cm³/mol. The summed E-state index contributed by atoms with van der Waals surface area (Å²) in [6.07, 6.45) is 0. The molecule has 5 N–H and O–H groups in total. The zero-order chi connectivity index (χ0) is 20.9. The van der Waals surface area contributed by atoms with E-state index in [1.165, 1.54) is 24.3 Å². The van der Waals surface area contributed by atoms with Crippen molar-refractivity contribution in [2.75, 3.05) is 5.73 Å². The Morgan fingerprint density at radius 3 is 2.38 bits per heavy atom. The monoisotopic (exact) mass is 450 g/mol. The fourth-order valence-corrected chi connectivity index (χ4v) is 4.58. The van der Waals surface area contributed by atoms with Crippen LogP contribution in [0, 0.1) is 5.82 Å². The van der Waals surface area contributed by atoms with Crippen molar-refractivity contribution in [3.8, 4) is 22.3 Å². The Morgan fingerprint density at radius 1 is 0.931 bits per heavy atom. The maximum Gasteiger partial charge on any atom is 0.239 e. The van der Waals surface area contributed by atoms with E-state index in [9.17, 15) is 12.8 Å². The zero-order valence-electron chi connectivity index (χ0n) is 14.6. The molecule has 1 heterocycles. The minimum absolute atomic E-state index is 0.00193. The topological polar surface area (TPSA) is 115 Å². The second-order valence-electron chi connectivity index (χ2n) is 6.34. The average Bonchev–Trinajstić information content (AvgIpc) is 3.03. The van der Waals surface area contributed by atoms with Gasteiger partial charge in [0, 0.05) is 10.9 Å². The van der Waals surface area contributed by atoms with Crippen LogP contribution in [-0.4, -0.2) is 18.6 Å². The molecule has 0 atom stereocenters. The molecule has 0 amide bonds. The molecule has 1 aromatic heterocycles. The van der Waals surface area contributed by atoms with E-state index in [-0.39, 0.29) is 14.9 Å². The van der Waals surface area contributed by atoms with Crippen molar-refractivity contribution >= 4 is 49.9 Å². The van der Waals surface area contributed by atoms with Crippen molar-refractivity contribution in [3.05, 3.63) is 64.4 Å². The van der Waals surface area contributed by atoms with Crippen molar-refractivity contribution in [3.63, 3.8) is 0 Å². The Morgan fingerprint density at radius 2 is 1.66 bits per heavy atom. The number of primary sulfonamides is 1. The highest BCUT2D eigenvalue weighted by Crippen LogP contribution is 2.42. The van der Waals surface area contributed by atoms with Crippen molar-refractivity contribution in [2.24, 2.45) is 5.14 Å². The number of H-pyrrole nitrogens is 1. The second-order valence-corrected chi connectivity index (χ2v) is 8.63. The lowest BCUT2D eigenvalue weighted by Crippen LogP contribution is -2.12. The number of aromatic nitrogens is 2. The lowest BCUT2D eigenvalue weighted by Gasteiger charge is -2.14. The SMILES string of the molecule is Nc1n[nH]c2cc(-c3cc(F)ccc3-c3ccc(S(N)(=O)=O)c(Cl)c3Cl)ccc12. The molecule has 0 aliphatic carbocycles. The first-order chi connectivity index (χ1) is 13.7. The van der Waals surface area contributed by atoms with Gasteiger partial charge in [-0.3, -0.25) is 5.10 Å². The van der Waals surface area contributed by atoms with E-state index in [4.69, 9.17) is 34.1 Å². The summed E-state index contributed by atoms with van der Waals surface area (Å²) in [5, 5.41) is 12.5. The zero-order valence-corrected chi connectivity index (χ0v) is 16.9. The Kier molecular flexibility index (Phi) is 4.74. The molecule has 0 bridgehead atoms. The molecule has 10 heteroatoms. The van der Waals surface area contributed by atoms with E-state index in [0.717, 1.165) is 5.39 Å². The van der Waals surface area contributed by atoms with Crippen molar-refractivity contribution in [1.82, 2.24) is 10.2 Å². The van der Waals surface area contributed by atoms with E-state index in [0.29, 0.717) is 33.6 Å². The molecule has 3 aromatic carbocycles. The molecule has 0 saturated heterocycles. The first kappa shape index (κ1) is 19.7. The summed E-state index contributed by atoms with van der Waals surface area (Å²) < 4.78 is 37.4. The van der Waals surface area contributed by atoms with E-state index >= 15 is 0 Å². The summed E-state index contributed by atoms with van der Waals surface area (Å²) in [5.74, 6) is -0.0872. The second kappa shape index (κ2) is 7.00. The summed E-state index contributed by atoms with van der Waals surface area (Å²) >= 11 is 12.5. The van der Waals surface area contributed by atoms with Gasteiger partial charge in [0.15, 0.2) is 5.82 Å². The number of halogens is 3. The first-order valence-electron chi connectivity index (χ1n) is 8.21. The maximum atomic E-state index is 14.1. The van der Waals surface area contributed by atoms with Crippen LogP contribution in [0.15, 0.2) is 53.4 Å². The first-order valence-corrected chi connectivity index (χ1v) is 10.5. The van der Waals surface area contributed by atoms with E-state index in [2.05, 4.69) is 10.2 Å². The Hall–Kier alpha value is -2.65. The van der Waals surface area contributed by atoms with Crippen molar-refractivity contribution < 1.29 is 12.8 Å². The summed E-state index contributed by atoms with van der Waals surface area (Å²) in [5.41, 5.74) is 8.69. The largest absolute Gasteiger partial charge is 0.382 e. The number of anilines is 1. The average molecular weight is 451 g/mol. The molecule has 4 aromatic rings.